The Bertz CT molecular complexity index is 1420. The van der Waals surface area contributed by atoms with Gasteiger partial charge in [0.1, 0.15) is 12.2 Å². The molecule has 3 heterocycles. The van der Waals surface area contributed by atoms with Crippen LogP contribution >= 0.6 is 0 Å². The van der Waals surface area contributed by atoms with Gasteiger partial charge in [-0.3, -0.25) is 0 Å². The van der Waals surface area contributed by atoms with Crippen molar-refractivity contribution in [3.05, 3.63) is 78.5 Å². The van der Waals surface area contributed by atoms with Crippen LogP contribution in [0.5, 0.6) is 11.5 Å². The standard InChI is InChI=1S/C25H24N6O2/c1-16-6-4-7-17(12-16)23-24(18-10-11-22-27-15-28-31(22)14-18)30-21(29-23)13-26-19-8-5-9-20(32-2)25(19)33-3/h4-12,14-15,26H,13H2,1-3H3,(H,29,30). The highest BCUT2D eigenvalue weighted by Gasteiger charge is 2.16. The van der Waals surface area contributed by atoms with E-state index in [9.17, 15) is 0 Å². The molecule has 8 heteroatoms. The summed E-state index contributed by atoms with van der Waals surface area (Å²) in [6.07, 6.45) is 3.49. The molecule has 0 saturated carbocycles. The number of aryl methyl sites for hydroxylation is 1. The van der Waals surface area contributed by atoms with Gasteiger partial charge in [-0.05, 0) is 37.3 Å². The number of methoxy groups -OCH3 is 2. The number of benzene rings is 2. The number of para-hydroxylation sites is 1. The van der Waals surface area contributed by atoms with Gasteiger partial charge in [-0.15, -0.1) is 0 Å². The van der Waals surface area contributed by atoms with Crippen LogP contribution in [0.25, 0.3) is 28.2 Å². The Morgan fingerprint density at radius 1 is 1.00 bits per heavy atom. The Morgan fingerprint density at radius 3 is 2.70 bits per heavy atom. The summed E-state index contributed by atoms with van der Waals surface area (Å²) in [6.45, 7) is 2.56. The Hall–Kier alpha value is -4.33. The lowest BCUT2D eigenvalue weighted by Gasteiger charge is -2.13. The molecule has 0 aliphatic carbocycles. The van der Waals surface area contributed by atoms with Gasteiger partial charge in [-0.1, -0.05) is 29.8 Å². The van der Waals surface area contributed by atoms with Gasteiger partial charge in [0, 0.05) is 17.3 Å². The monoisotopic (exact) mass is 440 g/mol. The third-order valence-corrected chi connectivity index (χ3v) is 5.46. The summed E-state index contributed by atoms with van der Waals surface area (Å²) >= 11 is 0. The molecular formula is C25H24N6O2. The fraction of sp³-hybridized carbons (Fsp3) is 0.160. The molecule has 5 aromatic rings. The van der Waals surface area contributed by atoms with Crippen LogP contribution in [0.3, 0.4) is 0 Å². The smallest absolute Gasteiger partial charge is 0.183 e. The lowest BCUT2D eigenvalue weighted by Crippen LogP contribution is -2.04. The van der Waals surface area contributed by atoms with Gasteiger partial charge in [-0.25, -0.2) is 14.5 Å². The lowest BCUT2D eigenvalue weighted by atomic mass is 10.0. The summed E-state index contributed by atoms with van der Waals surface area (Å²) in [5, 5.41) is 7.68. The van der Waals surface area contributed by atoms with Gasteiger partial charge >= 0.3 is 0 Å². The highest BCUT2D eigenvalue weighted by Crippen LogP contribution is 2.35. The first-order chi connectivity index (χ1) is 16.2. The van der Waals surface area contributed by atoms with Crippen molar-refractivity contribution in [2.75, 3.05) is 19.5 Å². The SMILES string of the molecule is COc1cccc(NCc2nc(-c3ccc4ncnn4c3)c(-c3cccc(C)c3)[nH]2)c1OC. The van der Waals surface area contributed by atoms with Crippen LogP contribution in [0.2, 0.25) is 0 Å². The number of aromatic nitrogens is 5. The van der Waals surface area contributed by atoms with Gasteiger partial charge in [-0.2, -0.15) is 5.10 Å². The minimum absolute atomic E-state index is 0.480. The molecule has 33 heavy (non-hydrogen) atoms. The van der Waals surface area contributed by atoms with Crippen LogP contribution in [0.15, 0.2) is 67.1 Å². The van der Waals surface area contributed by atoms with Crippen molar-refractivity contribution in [3.8, 4) is 34.0 Å². The van der Waals surface area contributed by atoms with E-state index in [2.05, 4.69) is 51.6 Å². The number of nitrogens with zero attached hydrogens (tertiary/aromatic N) is 4. The van der Waals surface area contributed by atoms with E-state index < -0.39 is 0 Å². The maximum absolute atomic E-state index is 5.54. The number of pyridine rings is 1. The zero-order valence-electron chi connectivity index (χ0n) is 18.7. The average Bonchev–Trinajstić information content (AvgIpc) is 3.49. The van der Waals surface area contributed by atoms with Gasteiger partial charge in [0.25, 0.3) is 0 Å². The van der Waals surface area contributed by atoms with Crippen molar-refractivity contribution in [1.29, 1.82) is 0 Å². The highest BCUT2D eigenvalue weighted by molar-refractivity contribution is 5.79. The van der Waals surface area contributed by atoms with Gasteiger partial charge in [0.2, 0.25) is 0 Å². The molecule has 0 spiro atoms. The van der Waals surface area contributed by atoms with Gasteiger partial charge < -0.3 is 19.8 Å². The third-order valence-electron chi connectivity index (χ3n) is 5.46. The molecule has 5 rings (SSSR count). The first-order valence-corrected chi connectivity index (χ1v) is 10.6. The number of nitrogens with one attached hydrogen (secondary N) is 2. The minimum atomic E-state index is 0.480. The van der Waals surface area contributed by atoms with Crippen LogP contribution in [0.1, 0.15) is 11.4 Å². The molecule has 0 aliphatic rings. The Morgan fingerprint density at radius 2 is 1.88 bits per heavy atom. The minimum Gasteiger partial charge on any atom is -0.493 e. The van der Waals surface area contributed by atoms with E-state index in [0.717, 1.165) is 39.7 Å². The maximum atomic E-state index is 5.54. The maximum Gasteiger partial charge on any atom is 0.183 e. The van der Waals surface area contributed by atoms with E-state index in [1.165, 1.54) is 5.56 Å². The quantitative estimate of drug-likeness (QED) is 0.381. The lowest BCUT2D eigenvalue weighted by molar-refractivity contribution is 0.356. The second-order valence-corrected chi connectivity index (χ2v) is 7.65. The molecule has 2 N–H and O–H groups in total. The second kappa shape index (κ2) is 8.66. The van der Waals surface area contributed by atoms with Crippen molar-refractivity contribution < 1.29 is 9.47 Å². The van der Waals surface area contributed by atoms with Crippen LogP contribution < -0.4 is 14.8 Å². The van der Waals surface area contributed by atoms with Crippen molar-refractivity contribution >= 4 is 11.3 Å². The third kappa shape index (κ3) is 3.98. The van der Waals surface area contributed by atoms with Crippen molar-refractivity contribution in [2.24, 2.45) is 0 Å². The molecule has 3 aromatic heterocycles. The molecule has 0 fully saturated rings. The second-order valence-electron chi connectivity index (χ2n) is 7.65. The molecule has 0 unspecified atom stereocenters. The number of imidazole rings is 1. The first kappa shape index (κ1) is 20.6. The number of ether oxygens (including phenoxy) is 2. The summed E-state index contributed by atoms with van der Waals surface area (Å²) in [5.74, 6) is 2.12. The van der Waals surface area contributed by atoms with E-state index >= 15 is 0 Å². The summed E-state index contributed by atoms with van der Waals surface area (Å²) in [6, 6.07) is 18.1. The topological polar surface area (TPSA) is 89.4 Å². The average molecular weight is 441 g/mol. The highest BCUT2D eigenvalue weighted by atomic mass is 16.5. The molecule has 0 amide bonds. The number of anilines is 1. The van der Waals surface area contributed by atoms with Gasteiger partial charge in [0.05, 0.1) is 37.8 Å². The number of hydrogen-bond acceptors (Lipinski definition) is 6. The Balaban J connectivity index is 1.53. The predicted molar refractivity (Wildman–Crippen MR) is 128 cm³/mol. The fourth-order valence-electron chi connectivity index (χ4n) is 3.89. The zero-order valence-corrected chi connectivity index (χ0v) is 18.7. The number of rotatable bonds is 7. The van der Waals surface area contributed by atoms with Crippen LogP contribution in [-0.4, -0.2) is 38.8 Å². The first-order valence-electron chi connectivity index (χ1n) is 10.6. The van der Waals surface area contributed by atoms with E-state index in [4.69, 9.17) is 14.5 Å². The van der Waals surface area contributed by atoms with Crippen molar-refractivity contribution in [1.82, 2.24) is 24.6 Å². The number of fused-ring (bicyclic) bond motifs is 1. The molecule has 2 aromatic carbocycles. The number of hydrogen-bond donors (Lipinski definition) is 2. The van der Waals surface area contributed by atoms with Crippen LogP contribution in [0.4, 0.5) is 5.69 Å². The van der Waals surface area contributed by atoms with E-state index in [1.54, 1.807) is 25.1 Å². The Kier molecular flexibility index (Phi) is 5.40. The number of H-pyrrole nitrogens is 1. The summed E-state index contributed by atoms with van der Waals surface area (Å²) in [4.78, 5) is 12.7. The summed E-state index contributed by atoms with van der Waals surface area (Å²) < 4.78 is 12.7. The largest absolute Gasteiger partial charge is 0.493 e. The van der Waals surface area contributed by atoms with Crippen molar-refractivity contribution in [3.63, 3.8) is 0 Å². The normalized spacial score (nSPS) is 11.0. The van der Waals surface area contributed by atoms with E-state index in [1.807, 2.05) is 36.5 Å². The molecule has 0 radical (unpaired) electrons. The molecule has 0 saturated heterocycles. The zero-order chi connectivity index (χ0) is 22.8. The van der Waals surface area contributed by atoms with E-state index in [0.29, 0.717) is 18.0 Å². The van der Waals surface area contributed by atoms with Crippen LogP contribution in [0, 0.1) is 6.92 Å². The Labute approximate surface area is 191 Å². The van der Waals surface area contributed by atoms with Gasteiger partial charge in [0.15, 0.2) is 17.1 Å². The van der Waals surface area contributed by atoms with Crippen molar-refractivity contribution in [2.45, 2.75) is 13.5 Å². The molecular weight excluding hydrogens is 416 g/mol. The van der Waals surface area contributed by atoms with Crippen LogP contribution in [-0.2, 0) is 6.54 Å². The predicted octanol–water partition coefficient (Wildman–Crippen LogP) is 4.72. The summed E-state index contributed by atoms with van der Waals surface area (Å²) in [5.41, 5.74) is 6.63. The molecule has 8 nitrogen and oxygen atoms in total. The number of aromatic amines is 1. The molecule has 0 bridgehead atoms. The fourth-order valence-corrected chi connectivity index (χ4v) is 3.89. The molecule has 0 atom stereocenters. The van der Waals surface area contributed by atoms with E-state index in [-0.39, 0.29) is 0 Å². The molecule has 0 aliphatic heterocycles. The molecule has 166 valence electrons. The summed E-state index contributed by atoms with van der Waals surface area (Å²) in [7, 11) is 3.25.